The Kier molecular flexibility index (Phi) is 5.02. The lowest BCUT2D eigenvalue weighted by Crippen LogP contribution is -2.38. The average molecular weight is 426 g/mol. The van der Waals surface area contributed by atoms with Gasteiger partial charge < -0.3 is 14.8 Å². The molecule has 0 bridgehead atoms. The molecule has 4 aromatic rings. The van der Waals surface area contributed by atoms with E-state index in [1.807, 2.05) is 67.4 Å². The number of para-hydroxylation sites is 1. The summed E-state index contributed by atoms with van der Waals surface area (Å²) in [6.45, 7) is 4.45. The molecule has 32 heavy (non-hydrogen) atoms. The van der Waals surface area contributed by atoms with Gasteiger partial charge in [0.1, 0.15) is 5.82 Å². The molecule has 2 heterocycles. The number of hydrogen-bond acceptors (Lipinski definition) is 1. The van der Waals surface area contributed by atoms with E-state index in [2.05, 4.69) is 22.0 Å². The molecular weight excluding hydrogens is 401 g/mol. The van der Waals surface area contributed by atoms with E-state index in [1.54, 1.807) is 12.1 Å². The van der Waals surface area contributed by atoms with Crippen LogP contribution in [-0.2, 0) is 6.54 Å². The molecule has 3 aromatic carbocycles. The number of carbonyl (C=O) groups excluding carboxylic acids is 1. The highest BCUT2D eigenvalue weighted by atomic mass is 19.1. The Balaban J connectivity index is 1.62. The summed E-state index contributed by atoms with van der Waals surface area (Å²) in [6.07, 6.45) is 2.01. The van der Waals surface area contributed by atoms with E-state index in [4.69, 9.17) is 0 Å². The molecule has 0 aliphatic carbocycles. The van der Waals surface area contributed by atoms with Gasteiger partial charge in [0.15, 0.2) is 0 Å². The molecular formula is C27H24FN3O. The number of aromatic nitrogens is 1. The lowest BCUT2D eigenvalue weighted by molar-refractivity contribution is 0.194. The van der Waals surface area contributed by atoms with E-state index < -0.39 is 0 Å². The molecule has 160 valence electrons. The van der Waals surface area contributed by atoms with Gasteiger partial charge in [-0.25, -0.2) is 9.18 Å². The van der Waals surface area contributed by atoms with Crippen molar-refractivity contribution in [2.45, 2.75) is 26.4 Å². The third-order valence-electron chi connectivity index (χ3n) is 6.03. The molecule has 1 N–H and O–H groups in total. The van der Waals surface area contributed by atoms with Gasteiger partial charge in [-0.15, -0.1) is 0 Å². The van der Waals surface area contributed by atoms with Crippen molar-refractivity contribution in [3.8, 4) is 5.69 Å². The van der Waals surface area contributed by atoms with E-state index in [1.165, 1.54) is 12.1 Å². The third-order valence-corrected chi connectivity index (χ3v) is 6.03. The lowest BCUT2D eigenvalue weighted by atomic mass is 10.0. The number of hydrogen-bond donors (Lipinski definition) is 1. The molecule has 1 aliphatic rings. The number of nitrogens with one attached hydrogen (secondary N) is 1. The number of aryl methyl sites for hydroxylation is 2. The SMILES string of the molecule is Cc1ccc(NC(=O)N2Cc3ccccc3-n3cccc3[C@H]2c2ccc(F)cc2)c(C)c1. The zero-order valence-corrected chi connectivity index (χ0v) is 18.0. The van der Waals surface area contributed by atoms with Crippen LogP contribution in [0.5, 0.6) is 0 Å². The summed E-state index contributed by atoms with van der Waals surface area (Å²) in [5.74, 6) is -0.299. The van der Waals surface area contributed by atoms with Gasteiger partial charge in [-0.3, -0.25) is 0 Å². The Bertz CT molecular complexity index is 1290. The minimum atomic E-state index is -0.372. The van der Waals surface area contributed by atoms with Crippen LogP contribution in [0.2, 0.25) is 0 Å². The van der Waals surface area contributed by atoms with Gasteiger partial charge in [0, 0.05) is 17.6 Å². The second-order valence-corrected chi connectivity index (χ2v) is 8.26. The maximum atomic E-state index is 13.7. The maximum Gasteiger partial charge on any atom is 0.322 e. The average Bonchev–Trinajstić information content (AvgIpc) is 3.21. The topological polar surface area (TPSA) is 37.3 Å². The molecule has 1 aliphatic heterocycles. The first-order chi connectivity index (χ1) is 15.5. The van der Waals surface area contributed by atoms with E-state index in [9.17, 15) is 9.18 Å². The number of benzene rings is 3. The zero-order chi connectivity index (χ0) is 22.2. The second-order valence-electron chi connectivity index (χ2n) is 8.26. The molecule has 0 radical (unpaired) electrons. The monoisotopic (exact) mass is 425 g/mol. The van der Waals surface area contributed by atoms with Crippen LogP contribution in [0.3, 0.4) is 0 Å². The van der Waals surface area contributed by atoms with Crippen LogP contribution in [0, 0.1) is 19.7 Å². The number of urea groups is 1. The molecule has 1 aromatic heterocycles. The quantitative estimate of drug-likeness (QED) is 0.398. The maximum absolute atomic E-state index is 13.7. The molecule has 4 nitrogen and oxygen atoms in total. The first-order valence-corrected chi connectivity index (χ1v) is 10.7. The molecule has 1 atom stereocenters. The summed E-state index contributed by atoms with van der Waals surface area (Å²) >= 11 is 0. The fourth-order valence-electron chi connectivity index (χ4n) is 4.48. The molecule has 0 fully saturated rings. The smallest absolute Gasteiger partial charge is 0.318 e. The molecule has 2 amide bonds. The highest BCUT2D eigenvalue weighted by Crippen LogP contribution is 2.37. The molecule has 5 rings (SSSR count). The van der Waals surface area contributed by atoms with E-state index >= 15 is 0 Å². The Morgan fingerprint density at radius 2 is 1.75 bits per heavy atom. The predicted molar refractivity (Wildman–Crippen MR) is 124 cm³/mol. The molecule has 0 saturated carbocycles. The van der Waals surface area contributed by atoms with Crippen molar-refractivity contribution in [3.05, 3.63) is 119 Å². The zero-order valence-electron chi connectivity index (χ0n) is 18.0. The first-order valence-electron chi connectivity index (χ1n) is 10.7. The number of amides is 2. The van der Waals surface area contributed by atoms with Crippen molar-refractivity contribution in [3.63, 3.8) is 0 Å². The van der Waals surface area contributed by atoms with Gasteiger partial charge in [0.05, 0.1) is 18.3 Å². The van der Waals surface area contributed by atoms with E-state index in [0.717, 1.165) is 39.3 Å². The van der Waals surface area contributed by atoms with E-state index in [-0.39, 0.29) is 17.9 Å². The van der Waals surface area contributed by atoms with Crippen molar-refractivity contribution in [2.75, 3.05) is 5.32 Å². The summed E-state index contributed by atoms with van der Waals surface area (Å²) in [5, 5.41) is 3.10. The van der Waals surface area contributed by atoms with Crippen LogP contribution >= 0.6 is 0 Å². The number of nitrogens with zero attached hydrogens (tertiary/aromatic N) is 2. The number of rotatable bonds is 2. The largest absolute Gasteiger partial charge is 0.322 e. The minimum absolute atomic E-state index is 0.198. The highest BCUT2D eigenvalue weighted by Gasteiger charge is 2.33. The Morgan fingerprint density at radius 3 is 2.53 bits per heavy atom. The fraction of sp³-hybridized carbons (Fsp3) is 0.148. The summed E-state index contributed by atoms with van der Waals surface area (Å²) in [6, 6.07) is 23.9. The van der Waals surface area contributed by atoms with Gasteiger partial charge in [-0.2, -0.15) is 0 Å². The van der Waals surface area contributed by atoms with Crippen LogP contribution in [-0.4, -0.2) is 15.5 Å². The van der Waals surface area contributed by atoms with Crippen LogP contribution in [0.1, 0.15) is 34.0 Å². The summed E-state index contributed by atoms with van der Waals surface area (Å²) < 4.78 is 15.8. The molecule has 0 spiro atoms. The van der Waals surface area contributed by atoms with Crippen molar-refractivity contribution < 1.29 is 9.18 Å². The summed E-state index contributed by atoms with van der Waals surface area (Å²) in [4.78, 5) is 15.5. The van der Waals surface area contributed by atoms with Gasteiger partial charge in [0.2, 0.25) is 0 Å². The minimum Gasteiger partial charge on any atom is -0.318 e. The standard InChI is InChI=1S/C27H24FN3O/c1-18-9-14-23(19(2)16-18)29-27(32)31-17-21-6-3-4-7-24(21)30-15-5-8-25(30)26(31)20-10-12-22(28)13-11-20/h3-16,26H,17H2,1-2H3,(H,29,32)/t26-/m1/s1. The first kappa shape index (κ1) is 20.1. The molecule has 5 heteroatoms. The third kappa shape index (κ3) is 3.56. The van der Waals surface area contributed by atoms with Gasteiger partial charge in [-0.05, 0) is 66.9 Å². The fourth-order valence-corrected chi connectivity index (χ4v) is 4.48. The molecule has 0 saturated heterocycles. The number of fused-ring (bicyclic) bond motifs is 3. The van der Waals surface area contributed by atoms with Crippen LogP contribution < -0.4 is 5.32 Å². The number of halogens is 1. The highest BCUT2D eigenvalue weighted by molar-refractivity contribution is 5.91. The van der Waals surface area contributed by atoms with Crippen LogP contribution in [0.4, 0.5) is 14.9 Å². The lowest BCUT2D eigenvalue weighted by Gasteiger charge is -2.31. The van der Waals surface area contributed by atoms with Gasteiger partial charge in [-0.1, -0.05) is 48.0 Å². The van der Waals surface area contributed by atoms with E-state index in [0.29, 0.717) is 6.54 Å². The molecule has 0 unspecified atom stereocenters. The van der Waals surface area contributed by atoms with Crippen LogP contribution in [0.25, 0.3) is 5.69 Å². The normalized spacial score (nSPS) is 15.0. The predicted octanol–water partition coefficient (Wildman–Crippen LogP) is 6.37. The number of carbonyl (C=O) groups is 1. The van der Waals surface area contributed by atoms with Crippen LogP contribution in [0.15, 0.2) is 85.1 Å². The second kappa shape index (κ2) is 8.00. The van der Waals surface area contributed by atoms with Gasteiger partial charge >= 0.3 is 6.03 Å². The Morgan fingerprint density at radius 1 is 0.969 bits per heavy atom. The van der Waals surface area contributed by atoms with Crippen molar-refractivity contribution >= 4 is 11.7 Å². The Hall–Kier alpha value is -3.86. The van der Waals surface area contributed by atoms with Crippen molar-refractivity contribution in [1.82, 2.24) is 9.47 Å². The van der Waals surface area contributed by atoms with Crippen molar-refractivity contribution in [1.29, 1.82) is 0 Å². The summed E-state index contributed by atoms with van der Waals surface area (Å²) in [5.41, 5.74) is 6.84. The van der Waals surface area contributed by atoms with Crippen molar-refractivity contribution in [2.24, 2.45) is 0 Å². The van der Waals surface area contributed by atoms with Gasteiger partial charge in [0.25, 0.3) is 0 Å². The number of anilines is 1. The Labute approximate surface area is 186 Å². The summed E-state index contributed by atoms with van der Waals surface area (Å²) in [7, 11) is 0.